The fraction of sp³-hybridized carbons (Fsp3) is 0.500. The van der Waals surface area contributed by atoms with Gasteiger partial charge >= 0.3 is 0 Å². The van der Waals surface area contributed by atoms with Gasteiger partial charge in [0.2, 0.25) is 0 Å². The Hall–Kier alpha value is -1.61. The Morgan fingerprint density at radius 3 is 2.62 bits per heavy atom. The van der Waals surface area contributed by atoms with Gasteiger partial charge in [-0.1, -0.05) is 38.1 Å². The fourth-order valence-electron chi connectivity index (χ4n) is 2.77. The summed E-state index contributed by atoms with van der Waals surface area (Å²) in [4.78, 5) is 7.07. The number of hydrogen-bond donors (Lipinski definition) is 1. The number of nitrogens with one attached hydrogen (secondary N) is 1. The van der Waals surface area contributed by atoms with Crippen molar-refractivity contribution in [2.75, 3.05) is 18.5 Å². The van der Waals surface area contributed by atoms with Gasteiger partial charge in [-0.3, -0.25) is 0 Å². The van der Waals surface area contributed by atoms with E-state index in [4.69, 9.17) is 4.98 Å². The van der Waals surface area contributed by atoms with Crippen LogP contribution in [0, 0.1) is 5.92 Å². The van der Waals surface area contributed by atoms with E-state index in [9.17, 15) is 0 Å². The van der Waals surface area contributed by atoms with Crippen LogP contribution in [-0.4, -0.2) is 24.6 Å². The molecule has 2 aromatic rings. The lowest BCUT2D eigenvalue weighted by Gasteiger charge is -2.21. The van der Waals surface area contributed by atoms with Crippen molar-refractivity contribution in [3.63, 3.8) is 0 Å². The number of pyridine rings is 1. The van der Waals surface area contributed by atoms with E-state index in [1.807, 2.05) is 6.20 Å². The normalized spacial score (nSPS) is 14.9. The van der Waals surface area contributed by atoms with Gasteiger partial charge in [-0.15, -0.1) is 0 Å². The monoisotopic (exact) mass is 283 g/mol. The third-order valence-electron chi connectivity index (χ3n) is 4.15. The summed E-state index contributed by atoms with van der Waals surface area (Å²) in [5.74, 6) is 1.99. The van der Waals surface area contributed by atoms with E-state index in [1.165, 1.54) is 29.2 Å². The van der Waals surface area contributed by atoms with E-state index in [0.29, 0.717) is 6.04 Å². The second-order valence-corrected chi connectivity index (χ2v) is 6.51. The van der Waals surface area contributed by atoms with Crippen LogP contribution in [0.3, 0.4) is 0 Å². The van der Waals surface area contributed by atoms with Gasteiger partial charge in [-0.2, -0.15) is 0 Å². The van der Waals surface area contributed by atoms with Crippen LogP contribution in [0.2, 0.25) is 0 Å². The molecule has 21 heavy (non-hydrogen) atoms. The van der Waals surface area contributed by atoms with Crippen LogP contribution in [-0.2, 0) is 6.54 Å². The summed E-state index contributed by atoms with van der Waals surface area (Å²) in [6.07, 6.45) is 4.79. The second-order valence-electron chi connectivity index (χ2n) is 6.51. The van der Waals surface area contributed by atoms with Crippen molar-refractivity contribution in [1.29, 1.82) is 0 Å². The Kier molecular flexibility index (Phi) is 4.11. The fourth-order valence-corrected chi connectivity index (χ4v) is 2.77. The van der Waals surface area contributed by atoms with Crippen molar-refractivity contribution in [1.82, 2.24) is 10.3 Å². The Balaban J connectivity index is 1.93. The van der Waals surface area contributed by atoms with Crippen molar-refractivity contribution >= 4 is 16.6 Å². The molecular formula is C18H25N3. The minimum absolute atomic E-state index is 0.487. The number of benzene rings is 1. The maximum Gasteiger partial charge on any atom is 0.136 e. The van der Waals surface area contributed by atoms with Gasteiger partial charge in [0.15, 0.2) is 0 Å². The number of fused-ring (bicyclic) bond motifs is 1. The molecule has 1 aromatic heterocycles. The number of anilines is 1. The molecule has 1 fully saturated rings. The predicted molar refractivity (Wildman–Crippen MR) is 89.7 cm³/mol. The molecule has 1 aliphatic carbocycles. The smallest absolute Gasteiger partial charge is 0.136 e. The lowest BCUT2D eigenvalue weighted by atomic mass is 10.1. The Morgan fingerprint density at radius 1 is 1.24 bits per heavy atom. The van der Waals surface area contributed by atoms with E-state index in [0.717, 1.165) is 24.8 Å². The molecule has 1 aliphatic rings. The van der Waals surface area contributed by atoms with Crippen LogP contribution in [0.25, 0.3) is 10.8 Å². The summed E-state index contributed by atoms with van der Waals surface area (Å²) >= 11 is 0. The van der Waals surface area contributed by atoms with Crippen LogP contribution in [0.1, 0.15) is 32.3 Å². The Labute approximate surface area is 127 Å². The van der Waals surface area contributed by atoms with Crippen LogP contribution < -0.4 is 10.2 Å². The van der Waals surface area contributed by atoms with E-state index >= 15 is 0 Å². The lowest BCUT2D eigenvalue weighted by Crippen LogP contribution is -2.23. The molecule has 0 aliphatic heterocycles. The number of hydrogen-bond acceptors (Lipinski definition) is 3. The minimum atomic E-state index is 0.487. The summed E-state index contributed by atoms with van der Waals surface area (Å²) in [6, 6.07) is 9.12. The highest BCUT2D eigenvalue weighted by molar-refractivity contribution is 5.94. The van der Waals surface area contributed by atoms with Crippen molar-refractivity contribution in [2.45, 2.75) is 39.3 Å². The van der Waals surface area contributed by atoms with E-state index < -0.39 is 0 Å². The zero-order valence-corrected chi connectivity index (χ0v) is 13.3. The van der Waals surface area contributed by atoms with Gasteiger partial charge in [0.05, 0.1) is 0 Å². The first-order valence-corrected chi connectivity index (χ1v) is 7.96. The zero-order valence-electron chi connectivity index (χ0n) is 13.3. The molecule has 0 radical (unpaired) electrons. The molecule has 3 rings (SSSR count). The SMILES string of the molecule is CC(C)NCc1cnc(N(C)CC2CC2)c2ccccc12. The third-order valence-corrected chi connectivity index (χ3v) is 4.15. The quantitative estimate of drug-likeness (QED) is 0.878. The molecular weight excluding hydrogens is 258 g/mol. The molecule has 0 atom stereocenters. The second kappa shape index (κ2) is 6.02. The van der Waals surface area contributed by atoms with Crippen LogP contribution in [0.15, 0.2) is 30.5 Å². The van der Waals surface area contributed by atoms with Crippen LogP contribution in [0.4, 0.5) is 5.82 Å². The largest absolute Gasteiger partial charge is 0.359 e. The van der Waals surface area contributed by atoms with Crippen molar-refractivity contribution in [3.05, 3.63) is 36.0 Å². The van der Waals surface area contributed by atoms with E-state index in [-0.39, 0.29) is 0 Å². The highest BCUT2D eigenvalue weighted by Crippen LogP contribution is 2.33. The molecule has 0 saturated heterocycles. The summed E-state index contributed by atoms with van der Waals surface area (Å²) in [7, 11) is 2.17. The predicted octanol–water partition coefficient (Wildman–Crippen LogP) is 3.58. The molecule has 1 saturated carbocycles. The summed E-state index contributed by atoms with van der Waals surface area (Å²) in [6.45, 7) is 6.35. The van der Waals surface area contributed by atoms with Crippen LogP contribution >= 0.6 is 0 Å². The van der Waals surface area contributed by atoms with Gasteiger partial charge in [-0.05, 0) is 29.7 Å². The molecule has 3 heteroatoms. The molecule has 1 aromatic carbocycles. The Bertz CT molecular complexity index is 617. The average molecular weight is 283 g/mol. The maximum absolute atomic E-state index is 4.75. The topological polar surface area (TPSA) is 28.2 Å². The van der Waals surface area contributed by atoms with Crippen molar-refractivity contribution < 1.29 is 0 Å². The lowest BCUT2D eigenvalue weighted by molar-refractivity contribution is 0.590. The first-order valence-electron chi connectivity index (χ1n) is 7.96. The molecule has 1 N–H and O–H groups in total. The van der Waals surface area contributed by atoms with Gasteiger partial charge in [0.25, 0.3) is 0 Å². The highest BCUT2D eigenvalue weighted by Gasteiger charge is 2.24. The average Bonchev–Trinajstić information content (AvgIpc) is 3.28. The molecule has 0 amide bonds. The summed E-state index contributed by atoms with van der Waals surface area (Å²) in [5, 5.41) is 6.08. The number of aromatic nitrogens is 1. The minimum Gasteiger partial charge on any atom is -0.359 e. The Morgan fingerprint density at radius 2 is 1.95 bits per heavy atom. The van der Waals surface area contributed by atoms with Gasteiger partial charge in [0.1, 0.15) is 5.82 Å². The standard InChI is InChI=1S/C18H25N3/c1-13(2)19-10-15-11-20-18(21(3)12-14-8-9-14)17-7-5-4-6-16(15)17/h4-7,11,13-14,19H,8-10,12H2,1-3H3. The van der Waals surface area contributed by atoms with Gasteiger partial charge in [0, 0.05) is 37.8 Å². The van der Waals surface area contributed by atoms with Crippen molar-refractivity contribution in [2.24, 2.45) is 5.92 Å². The van der Waals surface area contributed by atoms with Crippen LogP contribution in [0.5, 0.6) is 0 Å². The first kappa shape index (κ1) is 14.3. The summed E-state index contributed by atoms with van der Waals surface area (Å²) < 4.78 is 0. The van der Waals surface area contributed by atoms with E-state index in [2.05, 4.69) is 55.4 Å². The molecule has 0 bridgehead atoms. The maximum atomic E-state index is 4.75. The molecule has 3 nitrogen and oxygen atoms in total. The van der Waals surface area contributed by atoms with Crippen molar-refractivity contribution in [3.8, 4) is 0 Å². The molecule has 0 unspecified atom stereocenters. The summed E-state index contributed by atoms with van der Waals surface area (Å²) in [5.41, 5.74) is 1.28. The van der Waals surface area contributed by atoms with E-state index in [1.54, 1.807) is 0 Å². The molecule has 1 heterocycles. The molecule has 0 spiro atoms. The first-order chi connectivity index (χ1) is 10.1. The van der Waals surface area contributed by atoms with Gasteiger partial charge in [-0.25, -0.2) is 4.98 Å². The molecule has 112 valence electrons. The highest BCUT2D eigenvalue weighted by atomic mass is 15.2. The zero-order chi connectivity index (χ0) is 14.8. The third kappa shape index (κ3) is 3.35. The van der Waals surface area contributed by atoms with Gasteiger partial charge < -0.3 is 10.2 Å². The number of nitrogens with zero attached hydrogens (tertiary/aromatic N) is 2. The number of rotatable bonds is 6.